The fourth-order valence-electron chi connectivity index (χ4n) is 10.7. The van der Waals surface area contributed by atoms with E-state index in [4.69, 9.17) is 0 Å². The van der Waals surface area contributed by atoms with Gasteiger partial charge in [-0.1, -0.05) is 95.9 Å². The first kappa shape index (κ1) is 68.7. The zero-order chi connectivity index (χ0) is 60.8. The summed E-state index contributed by atoms with van der Waals surface area (Å²) in [4.78, 5) is 177. The fraction of sp³-hybridized carbons (Fsp3) is 0.782. The quantitative estimate of drug-likeness (QED) is 0.153. The summed E-state index contributed by atoms with van der Waals surface area (Å²) in [5.74, 6) is -14.3. The molecule has 2 fully saturated rings. The van der Waals surface area contributed by atoms with Gasteiger partial charge in [-0.25, -0.2) is 0 Å². The molecule has 79 heavy (non-hydrogen) atoms. The molecule has 0 radical (unpaired) electrons. The lowest BCUT2D eigenvalue weighted by molar-refractivity contribution is -0.157. The molecule has 2 saturated heterocycles. The number of carboxylic acids is 2. The van der Waals surface area contributed by atoms with Gasteiger partial charge in [0.25, 0.3) is 0 Å². The van der Waals surface area contributed by atoms with Gasteiger partial charge in [0.1, 0.15) is 60.4 Å². The van der Waals surface area contributed by atoms with Crippen LogP contribution in [0.4, 0.5) is 0 Å². The minimum Gasteiger partial charge on any atom is -0.481 e. The number of carboxylic acid groups (broad SMARTS) is 2. The topological polar surface area (TPSA) is 313 Å². The molecule has 10 amide bonds. The number of carbonyl (C=O) groups is 12. The van der Waals surface area contributed by atoms with E-state index in [1.165, 1.54) is 52.0 Å². The van der Waals surface area contributed by atoms with Gasteiger partial charge in [0.05, 0.1) is 12.8 Å². The summed E-state index contributed by atoms with van der Waals surface area (Å²) in [7, 11) is 6.48. The maximum Gasteiger partial charge on any atom is 0.305 e. The van der Waals surface area contributed by atoms with Crippen LogP contribution in [0.2, 0.25) is 0 Å². The molecular weight excluding hydrogens is 1020 g/mol. The minimum absolute atomic E-state index is 0.0838. The number of amides is 10. The summed E-state index contributed by atoms with van der Waals surface area (Å²) in [5, 5.41) is 31.0. The van der Waals surface area contributed by atoms with Crippen LogP contribution in [0.25, 0.3) is 0 Å². The number of likely N-dealkylation sites (N-methyl/N-ethyl adjacent to an activating group) is 5. The average molecular weight is 1120 g/mol. The Labute approximate surface area is 467 Å². The first-order chi connectivity index (χ1) is 36.6. The highest BCUT2D eigenvalue weighted by Crippen LogP contribution is 2.26. The van der Waals surface area contributed by atoms with Crippen LogP contribution in [0.5, 0.6) is 0 Å². The monoisotopic (exact) mass is 1120 g/mol. The second kappa shape index (κ2) is 30.3. The number of piperidine rings is 1. The Kier molecular flexibility index (Phi) is 26.4. The van der Waals surface area contributed by atoms with Crippen molar-refractivity contribution in [2.45, 2.75) is 202 Å². The molecule has 0 unspecified atom stereocenters. The lowest BCUT2D eigenvalue weighted by Crippen LogP contribution is -2.64. The molecule has 2 aliphatic rings. The standard InChI is InChI=1S/C55H94N10O14/c1-19-32(11)44-49(73)58-36(26-39(66)67)51(75)61(15)42(30(7)8)47(71)57-35(25-28(3)4)46(70)56-34(13)50(74)65-24-22-21-23-37(65)52(76)62(16)43(31(9)10)48(72)59-41(29(5)6)54(78)60(14)38(27-40(68)69)53(77)64(18)45(33(12)20-2)55(79)63(44)17/h28-38,41-45H,19-27H2,1-18H3,(H,56,70)(H,57,71)(H,58,73)(H,59,72)(H,66,67)(H,68,69)/t32-,33-,34-,35-,36-,37-,38-,41-,42-,43-,44-,45-/m0/s1. The summed E-state index contributed by atoms with van der Waals surface area (Å²) >= 11 is 0. The van der Waals surface area contributed by atoms with Crippen LogP contribution in [-0.2, 0) is 57.5 Å². The molecule has 0 saturated carbocycles. The van der Waals surface area contributed by atoms with Crippen LogP contribution in [-0.4, -0.2) is 213 Å². The van der Waals surface area contributed by atoms with E-state index >= 15 is 0 Å². The van der Waals surface area contributed by atoms with Crippen molar-refractivity contribution in [3.05, 3.63) is 0 Å². The van der Waals surface area contributed by atoms with Gasteiger partial charge in [0.15, 0.2) is 0 Å². The number of nitrogens with zero attached hydrogens (tertiary/aromatic N) is 6. The fourth-order valence-corrected chi connectivity index (χ4v) is 10.7. The Balaban J connectivity index is 3.01. The molecule has 12 atom stereocenters. The third kappa shape index (κ3) is 17.6. The number of nitrogens with one attached hydrogen (secondary N) is 4. The largest absolute Gasteiger partial charge is 0.481 e. The predicted molar refractivity (Wildman–Crippen MR) is 293 cm³/mol. The molecule has 6 N–H and O–H groups in total. The molecule has 24 nitrogen and oxygen atoms in total. The number of fused-ring (bicyclic) bond motifs is 1. The minimum atomic E-state index is -1.79. The van der Waals surface area contributed by atoms with Gasteiger partial charge in [-0.2, -0.15) is 0 Å². The van der Waals surface area contributed by atoms with Crippen molar-refractivity contribution in [1.82, 2.24) is 50.7 Å². The number of aliphatic carboxylic acids is 2. The maximum absolute atomic E-state index is 15.0. The molecule has 0 spiro atoms. The summed E-state index contributed by atoms with van der Waals surface area (Å²) in [6.45, 7) is 21.9. The van der Waals surface area contributed by atoms with Gasteiger partial charge in [-0.3, -0.25) is 57.5 Å². The van der Waals surface area contributed by atoms with Gasteiger partial charge in [0.2, 0.25) is 59.1 Å². The van der Waals surface area contributed by atoms with E-state index in [0.29, 0.717) is 19.3 Å². The lowest BCUT2D eigenvalue weighted by Gasteiger charge is -2.41. The Bertz CT molecular complexity index is 2220. The second-order valence-corrected chi connectivity index (χ2v) is 23.3. The molecule has 0 aliphatic carbocycles. The van der Waals surface area contributed by atoms with E-state index in [1.807, 2.05) is 13.8 Å². The van der Waals surface area contributed by atoms with Crippen LogP contribution in [0.3, 0.4) is 0 Å². The third-order valence-electron chi connectivity index (χ3n) is 15.6. The van der Waals surface area contributed by atoms with Crippen LogP contribution >= 0.6 is 0 Å². The number of carbonyl (C=O) groups excluding carboxylic acids is 10. The van der Waals surface area contributed by atoms with E-state index in [0.717, 1.165) is 19.6 Å². The van der Waals surface area contributed by atoms with Crippen LogP contribution in [0, 0.1) is 35.5 Å². The number of hydrogen-bond donors (Lipinski definition) is 6. The van der Waals surface area contributed by atoms with E-state index in [2.05, 4.69) is 21.3 Å². The average Bonchev–Trinajstić information content (AvgIpc) is 3.36. The Hall–Kier alpha value is -6.36. The van der Waals surface area contributed by atoms with Gasteiger partial charge in [-0.15, -0.1) is 0 Å². The molecule has 2 rings (SSSR count). The highest BCUT2D eigenvalue weighted by molar-refractivity contribution is 6.00. The molecule has 2 heterocycles. The first-order valence-corrected chi connectivity index (χ1v) is 27.9. The predicted octanol–water partition coefficient (Wildman–Crippen LogP) is 1.53. The molecule has 0 aromatic rings. The zero-order valence-corrected chi connectivity index (χ0v) is 50.1. The Morgan fingerprint density at radius 3 is 1.43 bits per heavy atom. The molecule has 0 aromatic heterocycles. The summed E-state index contributed by atoms with van der Waals surface area (Å²) in [6, 6.07) is -13.8. The summed E-state index contributed by atoms with van der Waals surface area (Å²) < 4.78 is 0. The van der Waals surface area contributed by atoms with Crippen molar-refractivity contribution in [1.29, 1.82) is 0 Å². The molecular formula is C55H94N10O14. The number of rotatable bonds is 13. The van der Waals surface area contributed by atoms with Gasteiger partial charge >= 0.3 is 11.9 Å². The van der Waals surface area contributed by atoms with Crippen LogP contribution < -0.4 is 21.3 Å². The van der Waals surface area contributed by atoms with E-state index in [1.54, 1.807) is 69.2 Å². The summed E-state index contributed by atoms with van der Waals surface area (Å²) in [5.41, 5.74) is 0. The van der Waals surface area contributed by atoms with Crippen molar-refractivity contribution in [2.24, 2.45) is 35.5 Å². The van der Waals surface area contributed by atoms with Gasteiger partial charge in [0, 0.05) is 41.8 Å². The zero-order valence-electron chi connectivity index (χ0n) is 50.1. The smallest absolute Gasteiger partial charge is 0.305 e. The molecule has 0 aromatic carbocycles. The van der Waals surface area contributed by atoms with Crippen molar-refractivity contribution in [3.8, 4) is 0 Å². The van der Waals surface area contributed by atoms with Crippen molar-refractivity contribution in [2.75, 3.05) is 41.8 Å². The summed E-state index contributed by atoms with van der Waals surface area (Å²) in [6.07, 6.45) is 0.0908. The molecule has 0 bridgehead atoms. The van der Waals surface area contributed by atoms with Crippen molar-refractivity contribution < 1.29 is 67.7 Å². The SMILES string of the molecule is CC[C@H](C)[C@H]1C(=O)N[C@@H](CC(=O)O)C(=O)N(C)[C@@H](C(C)C)C(=O)N[C@@H](CC(C)C)C(=O)N[C@@H](C)C(=O)N2CCCC[C@H]2C(=O)N(C)[C@@H](C(C)C)C(=O)N[C@@H](C(C)C)C(=O)N(C)[C@@H](CC(=O)O)C(=O)N(C)[C@@H]([C@@H](C)CC)C(=O)N1C. The highest BCUT2D eigenvalue weighted by Gasteiger charge is 2.46. The van der Waals surface area contributed by atoms with E-state index in [9.17, 15) is 67.7 Å². The van der Waals surface area contributed by atoms with Crippen molar-refractivity contribution >= 4 is 71.0 Å². The normalized spacial score (nSPS) is 28.0. The Morgan fingerprint density at radius 1 is 0.494 bits per heavy atom. The van der Waals surface area contributed by atoms with E-state index < -0.39 is 174 Å². The van der Waals surface area contributed by atoms with Crippen LogP contribution in [0.1, 0.15) is 141 Å². The van der Waals surface area contributed by atoms with Gasteiger partial charge in [-0.05, 0) is 68.1 Å². The van der Waals surface area contributed by atoms with Crippen LogP contribution in [0.15, 0.2) is 0 Å². The third-order valence-corrected chi connectivity index (χ3v) is 15.6. The van der Waals surface area contributed by atoms with E-state index in [-0.39, 0.29) is 31.7 Å². The second-order valence-electron chi connectivity index (χ2n) is 23.3. The molecule has 24 heteroatoms. The van der Waals surface area contributed by atoms with Gasteiger partial charge < -0.3 is 60.9 Å². The number of hydrogen-bond acceptors (Lipinski definition) is 12. The maximum atomic E-state index is 15.0. The molecule has 2 aliphatic heterocycles. The van der Waals surface area contributed by atoms with Crippen molar-refractivity contribution in [3.63, 3.8) is 0 Å². The molecule has 448 valence electrons. The highest BCUT2D eigenvalue weighted by atomic mass is 16.4. The lowest BCUT2D eigenvalue weighted by atomic mass is 9.92. The Morgan fingerprint density at radius 2 is 0.949 bits per heavy atom. The first-order valence-electron chi connectivity index (χ1n) is 27.9.